The molecule has 5 nitrogen and oxygen atoms in total. The van der Waals surface area contributed by atoms with Crippen molar-refractivity contribution in [3.05, 3.63) is 23.8 Å². The third-order valence-electron chi connectivity index (χ3n) is 4.06. The van der Waals surface area contributed by atoms with Crippen molar-refractivity contribution in [2.24, 2.45) is 0 Å². The van der Waals surface area contributed by atoms with Gasteiger partial charge in [0.25, 0.3) is 5.91 Å². The third kappa shape index (κ3) is 5.54. The molecule has 0 aliphatic carbocycles. The Balaban J connectivity index is 2.86. The van der Waals surface area contributed by atoms with E-state index in [1.165, 1.54) is 7.11 Å². The lowest BCUT2D eigenvalue weighted by Crippen LogP contribution is -2.42. The zero-order valence-corrected chi connectivity index (χ0v) is 15.1. The van der Waals surface area contributed by atoms with Gasteiger partial charge in [-0.1, -0.05) is 33.1 Å². The molecule has 5 heteroatoms. The Kier molecular flexibility index (Phi) is 8.28. The van der Waals surface area contributed by atoms with Crippen LogP contribution < -0.4 is 10.1 Å². The molecule has 1 N–H and O–H groups in total. The maximum atomic E-state index is 12.6. The second-order valence-corrected chi connectivity index (χ2v) is 6.01. The van der Waals surface area contributed by atoms with Gasteiger partial charge in [0.05, 0.1) is 17.9 Å². The van der Waals surface area contributed by atoms with Crippen LogP contribution in [0.1, 0.15) is 58.4 Å². The number of ether oxygens (including phenoxy) is 2. The standard InChI is InChI=1S/C19H28N2O3/c1-5-7-11-19(3,23-4)18(22)21-17-10-9-16(13-15(17)14-20)24-12-8-6-2/h9-10,13H,5-8,11-12H2,1-4H3,(H,21,22)/t19-/m0/s1. The summed E-state index contributed by atoms with van der Waals surface area (Å²) in [6.07, 6.45) is 4.52. The number of carbonyl (C=O) groups is 1. The summed E-state index contributed by atoms with van der Waals surface area (Å²) in [4.78, 5) is 12.6. The minimum absolute atomic E-state index is 0.241. The van der Waals surface area contributed by atoms with E-state index in [1.807, 2.05) is 0 Å². The Morgan fingerprint density at radius 1 is 1.29 bits per heavy atom. The fourth-order valence-electron chi connectivity index (χ4n) is 2.23. The van der Waals surface area contributed by atoms with Gasteiger partial charge in [0.2, 0.25) is 0 Å². The first-order chi connectivity index (χ1) is 11.5. The molecular formula is C19H28N2O3. The molecule has 0 saturated heterocycles. The monoisotopic (exact) mass is 332 g/mol. The number of amides is 1. The van der Waals surface area contributed by atoms with Crippen LogP contribution in [0.3, 0.4) is 0 Å². The summed E-state index contributed by atoms with van der Waals surface area (Å²) < 4.78 is 11.0. The lowest BCUT2D eigenvalue weighted by molar-refractivity contribution is -0.136. The molecule has 0 aromatic heterocycles. The van der Waals surface area contributed by atoms with E-state index in [1.54, 1.807) is 25.1 Å². The Bertz CT molecular complexity index is 580. The van der Waals surface area contributed by atoms with Crippen molar-refractivity contribution >= 4 is 11.6 Å². The molecule has 0 aliphatic heterocycles. The van der Waals surface area contributed by atoms with E-state index in [0.717, 1.165) is 25.7 Å². The average molecular weight is 332 g/mol. The van der Waals surface area contributed by atoms with E-state index < -0.39 is 5.60 Å². The fourth-order valence-corrected chi connectivity index (χ4v) is 2.23. The number of nitriles is 1. The SMILES string of the molecule is CCCCOc1ccc(NC(=O)[C@](C)(CCCC)OC)c(C#N)c1. The van der Waals surface area contributed by atoms with E-state index >= 15 is 0 Å². The maximum Gasteiger partial charge on any atom is 0.256 e. The van der Waals surface area contributed by atoms with Gasteiger partial charge in [-0.05, 0) is 38.0 Å². The quantitative estimate of drug-likeness (QED) is 0.649. The zero-order chi connectivity index (χ0) is 18.0. The number of anilines is 1. The Labute approximate surface area is 145 Å². The molecule has 0 saturated carbocycles. The molecule has 1 atom stereocenters. The second-order valence-electron chi connectivity index (χ2n) is 6.01. The van der Waals surface area contributed by atoms with E-state index in [4.69, 9.17) is 9.47 Å². The normalized spacial score (nSPS) is 13.0. The van der Waals surface area contributed by atoms with E-state index in [0.29, 0.717) is 30.0 Å². The number of hydrogen-bond acceptors (Lipinski definition) is 4. The van der Waals surface area contributed by atoms with Crippen molar-refractivity contribution in [3.63, 3.8) is 0 Å². The van der Waals surface area contributed by atoms with Crippen LogP contribution in [-0.4, -0.2) is 25.2 Å². The number of unbranched alkanes of at least 4 members (excludes halogenated alkanes) is 2. The number of rotatable bonds is 10. The molecule has 0 radical (unpaired) electrons. The maximum absolute atomic E-state index is 12.6. The highest BCUT2D eigenvalue weighted by atomic mass is 16.5. The lowest BCUT2D eigenvalue weighted by Gasteiger charge is -2.27. The van der Waals surface area contributed by atoms with Crippen molar-refractivity contribution in [2.75, 3.05) is 19.0 Å². The first-order valence-electron chi connectivity index (χ1n) is 8.54. The first-order valence-corrected chi connectivity index (χ1v) is 8.54. The van der Waals surface area contributed by atoms with Gasteiger partial charge in [-0.3, -0.25) is 4.79 Å². The highest BCUT2D eigenvalue weighted by Gasteiger charge is 2.32. The molecule has 0 fully saturated rings. The number of carbonyl (C=O) groups excluding carboxylic acids is 1. The van der Waals surface area contributed by atoms with Crippen molar-refractivity contribution in [1.82, 2.24) is 0 Å². The van der Waals surface area contributed by atoms with Crippen molar-refractivity contribution in [3.8, 4) is 11.8 Å². The van der Waals surface area contributed by atoms with Crippen LogP contribution in [0.2, 0.25) is 0 Å². The Morgan fingerprint density at radius 2 is 2.00 bits per heavy atom. The Hall–Kier alpha value is -2.06. The molecule has 1 amide bonds. The molecule has 24 heavy (non-hydrogen) atoms. The van der Waals surface area contributed by atoms with Crippen LogP contribution in [0.25, 0.3) is 0 Å². The van der Waals surface area contributed by atoms with Gasteiger partial charge in [-0.15, -0.1) is 0 Å². The highest BCUT2D eigenvalue weighted by Crippen LogP contribution is 2.25. The van der Waals surface area contributed by atoms with E-state index in [9.17, 15) is 10.1 Å². The smallest absolute Gasteiger partial charge is 0.256 e. The average Bonchev–Trinajstić information content (AvgIpc) is 2.60. The van der Waals surface area contributed by atoms with Crippen LogP contribution in [0.5, 0.6) is 5.75 Å². The largest absolute Gasteiger partial charge is 0.494 e. The molecule has 0 unspecified atom stereocenters. The minimum atomic E-state index is -0.904. The second kappa shape index (κ2) is 9.94. The van der Waals surface area contributed by atoms with Crippen LogP contribution in [-0.2, 0) is 9.53 Å². The molecule has 1 rings (SSSR count). The molecular weight excluding hydrogens is 304 g/mol. The van der Waals surface area contributed by atoms with Gasteiger partial charge < -0.3 is 14.8 Å². The van der Waals surface area contributed by atoms with Crippen LogP contribution >= 0.6 is 0 Å². The van der Waals surface area contributed by atoms with Crippen molar-refractivity contribution in [2.45, 2.75) is 58.5 Å². The molecule has 0 aliphatic rings. The molecule has 0 bridgehead atoms. The summed E-state index contributed by atoms with van der Waals surface area (Å²) in [7, 11) is 1.53. The summed E-state index contributed by atoms with van der Waals surface area (Å²) in [6, 6.07) is 7.23. The van der Waals surface area contributed by atoms with E-state index in [2.05, 4.69) is 25.2 Å². The van der Waals surface area contributed by atoms with Crippen molar-refractivity contribution < 1.29 is 14.3 Å². The number of nitrogens with one attached hydrogen (secondary N) is 1. The van der Waals surface area contributed by atoms with Gasteiger partial charge in [-0.2, -0.15) is 5.26 Å². The predicted octanol–water partition coefficient (Wildman–Crippen LogP) is 4.27. The van der Waals surface area contributed by atoms with Crippen LogP contribution in [0.15, 0.2) is 18.2 Å². The topological polar surface area (TPSA) is 71.3 Å². The minimum Gasteiger partial charge on any atom is -0.494 e. The van der Waals surface area contributed by atoms with Gasteiger partial charge in [0.15, 0.2) is 0 Å². The predicted molar refractivity (Wildman–Crippen MR) is 95.1 cm³/mol. The van der Waals surface area contributed by atoms with Crippen LogP contribution in [0, 0.1) is 11.3 Å². The van der Waals surface area contributed by atoms with Gasteiger partial charge in [0, 0.05) is 7.11 Å². The summed E-state index contributed by atoms with van der Waals surface area (Å²) in [5.41, 5.74) is -0.0460. The highest BCUT2D eigenvalue weighted by molar-refractivity contribution is 5.98. The number of methoxy groups -OCH3 is 1. The van der Waals surface area contributed by atoms with Gasteiger partial charge >= 0.3 is 0 Å². The lowest BCUT2D eigenvalue weighted by atomic mass is 9.97. The zero-order valence-electron chi connectivity index (χ0n) is 15.1. The third-order valence-corrected chi connectivity index (χ3v) is 4.06. The number of benzene rings is 1. The number of hydrogen-bond donors (Lipinski definition) is 1. The Morgan fingerprint density at radius 3 is 2.58 bits per heavy atom. The molecule has 0 spiro atoms. The van der Waals surface area contributed by atoms with Crippen LogP contribution in [0.4, 0.5) is 5.69 Å². The van der Waals surface area contributed by atoms with E-state index in [-0.39, 0.29) is 5.91 Å². The fraction of sp³-hybridized carbons (Fsp3) is 0.579. The summed E-state index contributed by atoms with van der Waals surface area (Å²) >= 11 is 0. The molecule has 0 heterocycles. The molecule has 1 aromatic rings. The summed E-state index contributed by atoms with van der Waals surface area (Å²) in [5, 5.41) is 12.2. The molecule has 1 aromatic carbocycles. The summed E-state index contributed by atoms with van der Waals surface area (Å²) in [5.74, 6) is 0.396. The summed E-state index contributed by atoms with van der Waals surface area (Å²) in [6.45, 7) is 6.55. The molecule has 132 valence electrons. The first kappa shape index (κ1) is 20.0. The van der Waals surface area contributed by atoms with Gasteiger partial charge in [0.1, 0.15) is 17.4 Å². The number of nitrogens with zero attached hydrogens (tertiary/aromatic N) is 1. The van der Waals surface area contributed by atoms with Crippen molar-refractivity contribution in [1.29, 1.82) is 5.26 Å². The van der Waals surface area contributed by atoms with Gasteiger partial charge in [-0.25, -0.2) is 0 Å².